The fourth-order valence-corrected chi connectivity index (χ4v) is 3.86. The second kappa shape index (κ2) is 11.6. The predicted molar refractivity (Wildman–Crippen MR) is 110 cm³/mol. The molecule has 0 aliphatic heterocycles. The van der Waals surface area contributed by atoms with Crippen molar-refractivity contribution in [1.82, 2.24) is 10.2 Å². The lowest BCUT2D eigenvalue weighted by Crippen LogP contribution is -2.43. The van der Waals surface area contributed by atoms with Gasteiger partial charge in [-0.2, -0.15) is 0 Å². The van der Waals surface area contributed by atoms with Gasteiger partial charge >= 0.3 is 0 Å². The van der Waals surface area contributed by atoms with Gasteiger partial charge in [0.15, 0.2) is 11.5 Å². The van der Waals surface area contributed by atoms with Gasteiger partial charge in [0, 0.05) is 32.5 Å². The SMILES string of the molecule is COc1ccc(CCC(=O)NCCN(C(C)=O)C2CCCCCC2)cc1OC. The van der Waals surface area contributed by atoms with Crippen LogP contribution in [0.3, 0.4) is 0 Å². The number of hydrogen-bond acceptors (Lipinski definition) is 4. The fourth-order valence-electron chi connectivity index (χ4n) is 3.86. The van der Waals surface area contributed by atoms with E-state index in [-0.39, 0.29) is 11.8 Å². The second-order valence-corrected chi connectivity index (χ2v) is 7.40. The number of nitrogens with zero attached hydrogens (tertiary/aromatic N) is 1. The van der Waals surface area contributed by atoms with E-state index in [2.05, 4.69) is 5.32 Å². The first-order valence-corrected chi connectivity index (χ1v) is 10.3. The average molecular weight is 391 g/mol. The van der Waals surface area contributed by atoms with E-state index >= 15 is 0 Å². The summed E-state index contributed by atoms with van der Waals surface area (Å²) in [7, 11) is 3.20. The summed E-state index contributed by atoms with van der Waals surface area (Å²) in [6.45, 7) is 2.72. The third kappa shape index (κ3) is 6.73. The molecule has 1 aromatic carbocycles. The molecule has 0 aromatic heterocycles. The van der Waals surface area contributed by atoms with Crippen LogP contribution in [0.5, 0.6) is 11.5 Å². The van der Waals surface area contributed by atoms with Gasteiger partial charge in [0.1, 0.15) is 0 Å². The van der Waals surface area contributed by atoms with Crippen molar-refractivity contribution in [1.29, 1.82) is 0 Å². The van der Waals surface area contributed by atoms with E-state index in [1.54, 1.807) is 21.1 Å². The van der Waals surface area contributed by atoms with Gasteiger partial charge in [0.05, 0.1) is 14.2 Å². The highest BCUT2D eigenvalue weighted by molar-refractivity contribution is 5.76. The molecule has 1 aromatic rings. The maximum Gasteiger partial charge on any atom is 0.220 e. The van der Waals surface area contributed by atoms with Gasteiger partial charge in [0.2, 0.25) is 11.8 Å². The van der Waals surface area contributed by atoms with Crippen LogP contribution in [-0.4, -0.2) is 50.1 Å². The minimum absolute atomic E-state index is 0.000784. The van der Waals surface area contributed by atoms with E-state index in [0.717, 1.165) is 18.4 Å². The lowest BCUT2D eigenvalue weighted by molar-refractivity contribution is -0.132. The molecular weight excluding hydrogens is 356 g/mol. The van der Waals surface area contributed by atoms with Crippen LogP contribution in [-0.2, 0) is 16.0 Å². The Morgan fingerprint density at radius 3 is 2.36 bits per heavy atom. The number of aryl methyl sites for hydroxylation is 1. The van der Waals surface area contributed by atoms with Crippen LogP contribution >= 0.6 is 0 Å². The van der Waals surface area contributed by atoms with Crippen LogP contribution in [0.15, 0.2) is 18.2 Å². The summed E-state index contributed by atoms with van der Waals surface area (Å²) in [6.07, 6.45) is 8.08. The summed E-state index contributed by atoms with van der Waals surface area (Å²) in [4.78, 5) is 26.2. The summed E-state index contributed by atoms with van der Waals surface area (Å²) in [6, 6.07) is 6.01. The molecule has 1 saturated carbocycles. The van der Waals surface area contributed by atoms with Crippen LogP contribution in [0.1, 0.15) is 57.4 Å². The number of carbonyl (C=O) groups is 2. The summed E-state index contributed by atoms with van der Waals surface area (Å²) in [5, 5.41) is 2.96. The largest absolute Gasteiger partial charge is 0.493 e. The van der Waals surface area contributed by atoms with Crippen LogP contribution in [0.25, 0.3) is 0 Å². The molecule has 0 radical (unpaired) electrons. The first-order valence-electron chi connectivity index (χ1n) is 10.3. The van der Waals surface area contributed by atoms with Gasteiger partial charge < -0.3 is 19.7 Å². The van der Waals surface area contributed by atoms with Crippen molar-refractivity contribution >= 4 is 11.8 Å². The Morgan fingerprint density at radius 1 is 1.07 bits per heavy atom. The molecule has 0 heterocycles. The van der Waals surface area contributed by atoms with Crippen molar-refractivity contribution in [2.75, 3.05) is 27.3 Å². The standard InChI is InChI=1S/C22H34N2O4/c1-17(25)24(19-8-6-4-5-7-9-19)15-14-23-22(26)13-11-18-10-12-20(27-2)21(16-18)28-3/h10,12,16,19H,4-9,11,13-15H2,1-3H3,(H,23,26). The zero-order chi connectivity index (χ0) is 20.4. The first-order chi connectivity index (χ1) is 13.5. The number of rotatable bonds is 9. The Labute approximate surface area is 168 Å². The molecule has 0 saturated heterocycles. The molecule has 28 heavy (non-hydrogen) atoms. The number of ether oxygens (including phenoxy) is 2. The van der Waals surface area contributed by atoms with Crippen LogP contribution in [0.4, 0.5) is 0 Å². The molecule has 2 rings (SSSR count). The highest BCUT2D eigenvalue weighted by Crippen LogP contribution is 2.28. The molecule has 6 heteroatoms. The Hall–Kier alpha value is -2.24. The summed E-state index contributed by atoms with van der Waals surface area (Å²) < 4.78 is 10.5. The lowest BCUT2D eigenvalue weighted by atomic mass is 10.1. The Bertz CT molecular complexity index is 639. The molecule has 1 aliphatic carbocycles. The average Bonchev–Trinajstić information content (AvgIpc) is 2.98. The Morgan fingerprint density at radius 2 is 1.75 bits per heavy atom. The van der Waals surface area contributed by atoms with Crippen LogP contribution in [0, 0.1) is 0 Å². The summed E-state index contributed by atoms with van der Waals surface area (Å²) >= 11 is 0. The van der Waals surface area contributed by atoms with E-state index in [0.29, 0.717) is 43.5 Å². The minimum Gasteiger partial charge on any atom is -0.493 e. The molecule has 156 valence electrons. The highest BCUT2D eigenvalue weighted by Gasteiger charge is 2.22. The van der Waals surface area contributed by atoms with E-state index in [1.165, 1.54) is 25.7 Å². The Balaban J connectivity index is 1.77. The number of methoxy groups -OCH3 is 2. The van der Waals surface area contributed by atoms with Gasteiger partial charge in [-0.15, -0.1) is 0 Å². The monoisotopic (exact) mass is 390 g/mol. The maximum atomic E-state index is 12.2. The molecule has 0 unspecified atom stereocenters. The molecule has 0 atom stereocenters. The third-order valence-corrected chi connectivity index (χ3v) is 5.43. The van der Waals surface area contributed by atoms with Crippen molar-refractivity contribution in [3.63, 3.8) is 0 Å². The molecule has 1 N–H and O–H groups in total. The van der Waals surface area contributed by atoms with Crippen molar-refractivity contribution in [2.24, 2.45) is 0 Å². The predicted octanol–water partition coefficient (Wildman–Crippen LogP) is 3.32. The quantitative estimate of drug-likeness (QED) is 0.657. The van der Waals surface area contributed by atoms with Crippen molar-refractivity contribution in [2.45, 2.75) is 64.3 Å². The molecule has 6 nitrogen and oxygen atoms in total. The second-order valence-electron chi connectivity index (χ2n) is 7.40. The number of amides is 2. The normalized spacial score (nSPS) is 14.8. The molecule has 0 spiro atoms. The Kier molecular flexibility index (Phi) is 9.11. The lowest BCUT2D eigenvalue weighted by Gasteiger charge is -2.30. The first kappa shape index (κ1) is 22.1. The zero-order valence-electron chi connectivity index (χ0n) is 17.5. The van der Waals surface area contributed by atoms with Crippen molar-refractivity contribution in [3.05, 3.63) is 23.8 Å². The number of benzene rings is 1. The van der Waals surface area contributed by atoms with E-state index in [4.69, 9.17) is 9.47 Å². The van der Waals surface area contributed by atoms with Gasteiger partial charge in [-0.3, -0.25) is 9.59 Å². The van der Waals surface area contributed by atoms with Crippen LogP contribution in [0.2, 0.25) is 0 Å². The zero-order valence-corrected chi connectivity index (χ0v) is 17.5. The molecule has 1 aliphatic rings. The molecule has 2 amide bonds. The van der Waals surface area contributed by atoms with Gasteiger partial charge in [-0.05, 0) is 37.0 Å². The molecular formula is C22H34N2O4. The summed E-state index contributed by atoms with van der Waals surface area (Å²) in [5.41, 5.74) is 1.02. The summed E-state index contributed by atoms with van der Waals surface area (Å²) in [5.74, 6) is 1.45. The number of nitrogens with one attached hydrogen (secondary N) is 1. The van der Waals surface area contributed by atoms with Crippen LogP contribution < -0.4 is 14.8 Å². The van der Waals surface area contributed by atoms with E-state index in [1.807, 2.05) is 23.1 Å². The van der Waals surface area contributed by atoms with Crippen molar-refractivity contribution in [3.8, 4) is 11.5 Å². The van der Waals surface area contributed by atoms with Gasteiger partial charge in [-0.1, -0.05) is 31.7 Å². The highest BCUT2D eigenvalue weighted by atomic mass is 16.5. The van der Waals surface area contributed by atoms with Crippen molar-refractivity contribution < 1.29 is 19.1 Å². The fraction of sp³-hybridized carbons (Fsp3) is 0.636. The smallest absolute Gasteiger partial charge is 0.220 e. The molecule has 0 bridgehead atoms. The maximum absolute atomic E-state index is 12.2. The van der Waals surface area contributed by atoms with Gasteiger partial charge in [-0.25, -0.2) is 0 Å². The van der Waals surface area contributed by atoms with E-state index < -0.39 is 0 Å². The number of hydrogen-bond donors (Lipinski definition) is 1. The topological polar surface area (TPSA) is 67.9 Å². The van der Waals surface area contributed by atoms with Gasteiger partial charge in [0.25, 0.3) is 0 Å². The minimum atomic E-state index is -0.000784. The third-order valence-electron chi connectivity index (χ3n) is 5.43. The number of carbonyl (C=O) groups excluding carboxylic acids is 2. The molecule has 1 fully saturated rings. The van der Waals surface area contributed by atoms with E-state index in [9.17, 15) is 9.59 Å².